The minimum atomic E-state index is -0.890. The Balaban J connectivity index is 1.41. The smallest absolute Gasteiger partial charge is 0.337 e. The molecule has 3 aromatic rings. The highest BCUT2D eigenvalue weighted by molar-refractivity contribution is 7.97. The second kappa shape index (κ2) is 18.6. The Morgan fingerprint density at radius 3 is 2.38 bits per heavy atom. The van der Waals surface area contributed by atoms with Gasteiger partial charge in [-0.3, -0.25) is 4.79 Å². The molecular formula is C34H41NO6S. The van der Waals surface area contributed by atoms with Crippen LogP contribution in [0.25, 0.3) is 6.08 Å². The Bertz CT molecular complexity index is 1290. The highest BCUT2D eigenvalue weighted by Gasteiger charge is 2.08. The van der Waals surface area contributed by atoms with E-state index in [0.29, 0.717) is 29.4 Å². The van der Waals surface area contributed by atoms with Crippen molar-refractivity contribution in [3.05, 3.63) is 94.8 Å². The van der Waals surface area contributed by atoms with Crippen molar-refractivity contribution in [1.82, 2.24) is 4.98 Å². The molecule has 0 spiro atoms. The highest BCUT2D eigenvalue weighted by Crippen LogP contribution is 2.24. The van der Waals surface area contributed by atoms with Crippen LogP contribution in [0.3, 0.4) is 0 Å². The number of carbonyl (C=O) groups is 2. The van der Waals surface area contributed by atoms with Gasteiger partial charge in [-0.1, -0.05) is 56.0 Å². The number of rotatable bonds is 19. The van der Waals surface area contributed by atoms with Crippen LogP contribution in [0.4, 0.5) is 0 Å². The quantitative estimate of drug-likeness (QED) is 0.112. The van der Waals surface area contributed by atoms with E-state index in [0.717, 1.165) is 42.0 Å². The van der Waals surface area contributed by atoms with Crippen molar-refractivity contribution in [3.8, 4) is 11.5 Å². The first kappa shape index (κ1) is 32.7. The second-order valence-corrected chi connectivity index (χ2v) is 10.9. The molecule has 3 rings (SSSR count). The molecule has 2 aromatic carbocycles. The predicted octanol–water partition coefficient (Wildman–Crippen LogP) is 7.76. The summed E-state index contributed by atoms with van der Waals surface area (Å²) in [5.41, 5.74) is 4.43. The van der Waals surface area contributed by atoms with Gasteiger partial charge in [0, 0.05) is 11.5 Å². The fourth-order valence-electron chi connectivity index (χ4n) is 4.39. The van der Waals surface area contributed by atoms with E-state index >= 15 is 0 Å². The number of nitrogens with zero attached hydrogens (tertiary/aromatic N) is 1. The minimum absolute atomic E-state index is 0.0743. The zero-order valence-corrected chi connectivity index (χ0v) is 25.4. The third-order valence-electron chi connectivity index (χ3n) is 6.65. The largest absolute Gasteiger partial charge is 0.497 e. The van der Waals surface area contributed by atoms with Gasteiger partial charge < -0.3 is 19.3 Å². The molecule has 0 unspecified atom stereocenters. The van der Waals surface area contributed by atoms with Gasteiger partial charge in [-0.2, -0.15) is 11.8 Å². The summed E-state index contributed by atoms with van der Waals surface area (Å²) in [6, 6.07) is 19.6. The third-order valence-corrected chi connectivity index (χ3v) is 7.69. The number of methoxy groups -OCH3 is 2. The monoisotopic (exact) mass is 591 g/mol. The number of carbonyl (C=O) groups excluding carboxylic acids is 1. The summed E-state index contributed by atoms with van der Waals surface area (Å²) in [7, 11) is 3.06. The lowest BCUT2D eigenvalue weighted by Crippen LogP contribution is -2.02. The molecule has 7 nitrogen and oxygen atoms in total. The number of aliphatic carboxylic acids is 1. The molecule has 8 heteroatoms. The number of esters is 1. The maximum absolute atomic E-state index is 11.8. The lowest BCUT2D eigenvalue weighted by Gasteiger charge is -2.11. The maximum Gasteiger partial charge on any atom is 0.337 e. The van der Waals surface area contributed by atoms with Crippen LogP contribution in [0.5, 0.6) is 11.5 Å². The Kier molecular flexibility index (Phi) is 14.5. The van der Waals surface area contributed by atoms with Gasteiger partial charge in [-0.25, -0.2) is 9.78 Å². The number of pyridine rings is 1. The number of carboxylic acid groups (broad SMARTS) is 1. The molecule has 0 aliphatic rings. The van der Waals surface area contributed by atoms with E-state index in [9.17, 15) is 9.59 Å². The summed E-state index contributed by atoms with van der Waals surface area (Å²) in [4.78, 5) is 27.5. The topological polar surface area (TPSA) is 95.0 Å². The van der Waals surface area contributed by atoms with E-state index in [1.807, 2.05) is 42.5 Å². The average Bonchev–Trinajstić information content (AvgIpc) is 3.01. The molecule has 0 amide bonds. The van der Waals surface area contributed by atoms with E-state index in [1.54, 1.807) is 37.1 Å². The lowest BCUT2D eigenvalue weighted by molar-refractivity contribution is -0.135. The predicted molar refractivity (Wildman–Crippen MR) is 168 cm³/mol. The number of benzene rings is 2. The van der Waals surface area contributed by atoms with Gasteiger partial charge in [0.2, 0.25) is 0 Å². The molecule has 0 atom stereocenters. The van der Waals surface area contributed by atoms with Crippen LogP contribution in [0.15, 0.2) is 66.7 Å². The number of carboxylic acids is 1. The average molecular weight is 592 g/mol. The van der Waals surface area contributed by atoms with Gasteiger partial charge in [-0.05, 0) is 72.9 Å². The number of hydrogen-bond donors (Lipinski definition) is 1. The number of unbranched alkanes of at least 4 members (excludes halogenated alkanes) is 5. The van der Waals surface area contributed by atoms with Crippen molar-refractivity contribution in [2.45, 2.75) is 62.9 Å². The van der Waals surface area contributed by atoms with Gasteiger partial charge >= 0.3 is 11.9 Å². The molecule has 1 aromatic heterocycles. The van der Waals surface area contributed by atoms with E-state index in [1.165, 1.54) is 38.4 Å². The van der Waals surface area contributed by atoms with Crippen LogP contribution >= 0.6 is 11.8 Å². The van der Waals surface area contributed by atoms with Crippen LogP contribution in [0.2, 0.25) is 0 Å². The van der Waals surface area contributed by atoms with Gasteiger partial charge in [0.1, 0.15) is 17.2 Å². The van der Waals surface area contributed by atoms with Gasteiger partial charge in [0.25, 0.3) is 0 Å². The summed E-state index contributed by atoms with van der Waals surface area (Å²) >= 11 is 1.68. The van der Waals surface area contributed by atoms with Crippen LogP contribution in [-0.2, 0) is 27.5 Å². The molecule has 224 valence electrons. The van der Waals surface area contributed by atoms with E-state index in [4.69, 9.17) is 24.3 Å². The molecule has 0 saturated carbocycles. The molecule has 0 aliphatic heterocycles. The zero-order chi connectivity index (χ0) is 30.0. The van der Waals surface area contributed by atoms with E-state index in [2.05, 4.69) is 12.1 Å². The summed E-state index contributed by atoms with van der Waals surface area (Å²) in [5.74, 6) is 1.70. The van der Waals surface area contributed by atoms with Crippen LogP contribution in [0, 0.1) is 0 Å². The molecule has 1 N–H and O–H groups in total. The van der Waals surface area contributed by atoms with Crippen LogP contribution in [0.1, 0.15) is 77.8 Å². The van der Waals surface area contributed by atoms with Crippen molar-refractivity contribution in [1.29, 1.82) is 0 Å². The summed E-state index contributed by atoms with van der Waals surface area (Å²) in [5, 5.41) is 9.02. The SMILES string of the molecule is COC(=O)c1cccc(CSCc2ccc(OCCCCCCCCc3ccc(OC)cc3)c(C=CCC(=O)O)n2)c1. The van der Waals surface area contributed by atoms with Crippen LogP contribution < -0.4 is 9.47 Å². The van der Waals surface area contributed by atoms with Crippen LogP contribution in [-0.4, -0.2) is 42.9 Å². The van der Waals surface area contributed by atoms with Crippen molar-refractivity contribution in [2.75, 3.05) is 20.8 Å². The molecule has 0 saturated heterocycles. The van der Waals surface area contributed by atoms with Crippen molar-refractivity contribution >= 4 is 29.8 Å². The summed E-state index contributed by atoms with van der Waals surface area (Å²) in [6.07, 6.45) is 11.2. The minimum Gasteiger partial charge on any atom is -0.497 e. The normalized spacial score (nSPS) is 11.0. The molecule has 0 radical (unpaired) electrons. The standard InChI is InChI=1S/C34H41NO6S/c1-39-30-19-16-26(17-20-30)11-7-5-3-4-6-8-22-41-32-21-18-29(35-31(32)14-10-15-33(36)37)25-42-24-27-12-9-13-28(23-27)34(38)40-2/h9-10,12-14,16-21,23H,3-8,11,15,22,24-25H2,1-2H3,(H,36,37). The summed E-state index contributed by atoms with van der Waals surface area (Å²) in [6.45, 7) is 0.595. The molecule has 0 bridgehead atoms. The van der Waals surface area contributed by atoms with Crippen molar-refractivity contribution in [2.24, 2.45) is 0 Å². The Morgan fingerprint density at radius 1 is 0.881 bits per heavy atom. The van der Waals surface area contributed by atoms with Gasteiger partial charge in [0.05, 0.1) is 38.5 Å². The number of ether oxygens (including phenoxy) is 3. The highest BCUT2D eigenvalue weighted by atomic mass is 32.2. The first-order chi connectivity index (χ1) is 20.5. The molecular weight excluding hydrogens is 550 g/mol. The van der Waals surface area contributed by atoms with E-state index in [-0.39, 0.29) is 12.4 Å². The lowest BCUT2D eigenvalue weighted by atomic mass is 10.0. The Labute approximate surface area is 253 Å². The molecule has 0 fully saturated rings. The number of aromatic nitrogens is 1. The van der Waals surface area contributed by atoms with Gasteiger partial charge in [-0.15, -0.1) is 0 Å². The number of hydrogen-bond acceptors (Lipinski definition) is 7. The first-order valence-electron chi connectivity index (χ1n) is 14.4. The molecule has 0 aliphatic carbocycles. The molecule has 1 heterocycles. The number of aryl methyl sites for hydroxylation is 1. The van der Waals surface area contributed by atoms with E-state index < -0.39 is 5.97 Å². The Morgan fingerprint density at radius 2 is 1.64 bits per heavy atom. The number of thioether (sulfide) groups is 1. The van der Waals surface area contributed by atoms with Crippen molar-refractivity contribution in [3.63, 3.8) is 0 Å². The fraction of sp³-hybridized carbons (Fsp3) is 0.382. The maximum atomic E-state index is 11.8. The fourth-order valence-corrected chi connectivity index (χ4v) is 5.28. The zero-order valence-electron chi connectivity index (χ0n) is 24.6. The summed E-state index contributed by atoms with van der Waals surface area (Å²) < 4.78 is 16.1. The first-order valence-corrected chi connectivity index (χ1v) is 15.5. The second-order valence-electron chi connectivity index (χ2n) is 9.94. The molecule has 42 heavy (non-hydrogen) atoms. The third kappa shape index (κ3) is 12.0. The van der Waals surface area contributed by atoms with Gasteiger partial charge in [0.15, 0.2) is 0 Å². The van der Waals surface area contributed by atoms with Crippen molar-refractivity contribution < 1.29 is 28.9 Å². The Hall–Kier alpha value is -3.78.